The number of hydrazine groups is 1. The molecule has 152 valence electrons. The number of pyridine rings is 1. The fourth-order valence-corrected chi connectivity index (χ4v) is 4.31. The summed E-state index contributed by atoms with van der Waals surface area (Å²) in [6, 6.07) is 9.82. The summed E-state index contributed by atoms with van der Waals surface area (Å²) in [5, 5.41) is 3.19. The van der Waals surface area contributed by atoms with E-state index in [4.69, 9.17) is 9.47 Å². The Morgan fingerprint density at radius 1 is 1.14 bits per heavy atom. The van der Waals surface area contributed by atoms with E-state index in [2.05, 4.69) is 26.1 Å². The zero-order valence-corrected chi connectivity index (χ0v) is 16.1. The lowest BCUT2D eigenvalue weighted by atomic mass is 10.0. The molecule has 1 aromatic heterocycles. The quantitative estimate of drug-likeness (QED) is 0.724. The van der Waals surface area contributed by atoms with Crippen LogP contribution in [-0.2, 0) is 0 Å². The highest BCUT2D eigenvalue weighted by Crippen LogP contribution is 2.32. The minimum Gasteiger partial charge on any atom is -0.454 e. The van der Waals surface area contributed by atoms with Crippen LogP contribution in [0, 0.1) is 0 Å². The number of fused-ring (bicyclic) bond motifs is 1. The van der Waals surface area contributed by atoms with Crippen molar-refractivity contribution in [3.05, 3.63) is 53.9 Å². The summed E-state index contributed by atoms with van der Waals surface area (Å²) in [6.07, 6.45) is 6.93. The maximum atomic E-state index is 12.7. The van der Waals surface area contributed by atoms with Crippen LogP contribution in [0.25, 0.3) is 0 Å². The van der Waals surface area contributed by atoms with E-state index >= 15 is 0 Å². The van der Waals surface area contributed by atoms with E-state index in [1.165, 1.54) is 5.56 Å². The summed E-state index contributed by atoms with van der Waals surface area (Å²) in [7, 11) is 0. The molecule has 0 bridgehead atoms. The monoisotopic (exact) mass is 395 g/mol. The number of ether oxygens (including phenoxy) is 2. The highest BCUT2D eigenvalue weighted by molar-refractivity contribution is 5.95. The first-order valence-electron chi connectivity index (χ1n) is 10.1. The summed E-state index contributed by atoms with van der Waals surface area (Å²) in [5.74, 6) is 1.25. The molecule has 0 spiro atoms. The number of carbonyl (C=O) groups excluding carboxylic acids is 1. The molecular formula is C21H25N5O3. The summed E-state index contributed by atoms with van der Waals surface area (Å²) >= 11 is 0. The van der Waals surface area contributed by atoms with Gasteiger partial charge in [-0.2, -0.15) is 0 Å². The van der Waals surface area contributed by atoms with E-state index in [0.29, 0.717) is 17.1 Å². The van der Waals surface area contributed by atoms with Gasteiger partial charge in [0.2, 0.25) is 6.79 Å². The van der Waals surface area contributed by atoms with Crippen LogP contribution in [0.1, 0.15) is 41.2 Å². The normalized spacial score (nSPS) is 26.4. The van der Waals surface area contributed by atoms with Gasteiger partial charge in [-0.25, -0.2) is 10.9 Å². The van der Waals surface area contributed by atoms with E-state index in [9.17, 15) is 4.79 Å². The lowest BCUT2D eigenvalue weighted by Crippen LogP contribution is -2.54. The first kappa shape index (κ1) is 18.4. The number of amides is 1. The second-order valence-corrected chi connectivity index (χ2v) is 7.75. The molecule has 3 atom stereocenters. The van der Waals surface area contributed by atoms with Crippen molar-refractivity contribution in [2.24, 2.45) is 0 Å². The molecule has 3 N–H and O–H groups in total. The van der Waals surface area contributed by atoms with E-state index in [0.717, 1.165) is 32.4 Å². The lowest BCUT2D eigenvalue weighted by Gasteiger charge is -2.36. The van der Waals surface area contributed by atoms with Gasteiger partial charge >= 0.3 is 0 Å². The van der Waals surface area contributed by atoms with Crippen LogP contribution in [0.2, 0.25) is 0 Å². The minimum absolute atomic E-state index is 0.0673. The Kier molecular flexibility index (Phi) is 5.05. The molecule has 2 aromatic rings. The van der Waals surface area contributed by atoms with Crippen LogP contribution in [0.3, 0.4) is 0 Å². The topological polar surface area (TPSA) is 87.8 Å². The number of nitrogens with one attached hydrogen (secondary N) is 3. The van der Waals surface area contributed by atoms with E-state index in [1.807, 2.05) is 24.5 Å². The molecule has 8 heteroatoms. The van der Waals surface area contributed by atoms with Gasteiger partial charge in [0.15, 0.2) is 11.5 Å². The van der Waals surface area contributed by atoms with Crippen molar-refractivity contribution in [1.29, 1.82) is 0 Å². The molecule has 1 aromatic carbocycles. The van der Waals surface area contributed by atoms with Crippen LogP contribution in [0.4, 0.5) is 0 Å². The Balaban J connectivity index is 1.18. The van der Waals surface area contributed by atoms with E-state index < -0.39 is 0 Å². The number of rotatable bonds is 4. The second-order valence-electron chi connectivity index (χ2n) is 7.75. The molecule has 3 aliphatic rings. The Bertz CT molecular complexity index is 878. The maximum Gasteiger partial charge on any atom is 0.251 e. The molecule has 4 heterocycles. The van der Waals surface area contributed by atoms with Crippen LogP contribution in [-0.4, -0.2) is 47.9 Å². The third-order valence-corrected chi connectivity index (χ3v) is 5.86. The third-order valence-electron chi connectivity index (χ3n) is 5.86. The molecule has 0 radical (unpaired) electrons. The SMILES string of the molecule is O=C(NC1CCCN(C2CC(c3ccncc3)NN2)C1)c1ccc2c(c1)OCO2. The van der Waals surface area contributed by atoms with Crippen LogP contribution in [0.5, 0.6) is 11.5 Å². The largest absolute Gasteiger partial charge is 0.454 e. The lowest BCUT2D eigenvalue weighted by molar-refractivity contribution is 0.0855. The Labute approximate surface area is 169 Å². The molecular weight excluding hydrogens is 370 g/mol. The van der Waals surface area contributed by atoms with Gasteiger partial charge in [-0.1, -0.05) is 0 Å². The number of nitrogens with zero attached hydrogens (tertiary/aromatic N) is 2. The highest BCUT2D eigenvalue weighted by atomic mass is 16.7. The zero-order chi connectivity index (χ0) is 19.6. The van der Waals surface area contributed by atoms with Crippen LogP contribution >= 0.6 is 0 Å². The molecule has 0 aliphatic carbocycles. The van der Waals surface area contributed by atoms with Crippen LogP contribution < -0.4 is 25.6 Å². The number of carbonyl (C=O) groups is 1. The van der Waals surface area contributed by atoms with E-state index in [-0.39, 0.29) is 30.9 Å². The third kappa shape index (κ3) is 3.91. The molecule has 0 saturated carbocycles. The predicted molar refractivity (Wildman–Crippen MR) is 106 cm³/mol. The van der Waals surface area contributed by atoms with Crippen molar-refractivity contribution in [2.45, 2.75) is 37.5 Å². The number of hydrogen-bond donors (Lipinski definition) is 3. The molecule has 1 amide bonds. The van der Waals surface area contributed by atoms with Gasteiger partial charge in [-0.3, -0.25) is 14.7 Å². The van der Waals surface area contributed by atoms with Gasteiger partial charge in [0.1, 0.15) is 0 Å². The van der Waals surface area contributed by atoms with Gasteiger partial charge in [0.05, 0.1) is 6.17 Å². The number of likely N-dealkylation sites (tertiary alicyclic amines) is 1. The summed E-state index contributed by atoms with van der Waals surface area (Å²) < 4.78 is 10.7. The van der Waals surface area contributed by atoms with Gasteiger partial charge in [0.25, 0.3) is 5.91 Å². The number of piperidine rings is 1. The maximum absolute atomic E-state index is 12.7. The molecule has 5 rings (SSSR count). The fourth-order valence-electron chi connectivity index (χ4n) is 4.31. The van der Waals surface area contributed by atoms with Crippen molar-refractivity contribution in [1.82, 2.24) is 26.1 Å². The highest BCUT2D eigenvalue weighted by Gasteiger charge is 2.33. The van der Waals surface area contributed by atoms with Crippen molar-refractivity contribution in [3.63, 3.8) is 0 Å². The molecule has 3 unspecified atom stereocenters. The molecule has 2 fully saturated rings. The predicted octanol–water partition coefficient (Wildman–Crippen LogP) is 1.57. The van der Waals surface area contributed by atoms with Gasteiger partial charge in [-0.15, -0.1) is 0 Å². The average molecular weight is 395 g/mol. The molecule has 2 saturated heterocycles. The summed E-state index contributed by atoms with van der Waals surface area (Å²) in [6.45, 7) is 2.07. The number of hydrogen-bond acceptors (Lipinski definition) is 7. The Hall–Kier alpha value is -2.68. The molecule has 29 heavy (non-hydrogen) atoms. The van der Waals surface area contributed by atoms with Gasteiger partial charge < -0.3 is 14.8 Å². The van der Waals surface area contributed by atoms with E-state index in [1.54, 1.807) is 18.2 Å². The summed E-state index contributed by atoms with van der Waals surface area (Å²) in [4.78, 5) is 19.2. The van der Waals surface area contributed by atoms with Gasteiger partial charge in [-0.05, 0) is 61.7 Å². The van der Waals surface area contributed by atoms with Crippen LogP contribution in [0.15, 0.2) is 42.7 Å². The smallest absolute Gasteiger partial charge is 0.251 e. The van der Waals surface area contributed by atoms with Crippen molar-refractivity contribution in [2.75, 3.05) is 19.9 Å². The average Bonchev–Trinajstić information content (AvgIpc) is 3.44. The van der Waals surface area contributed by atoms with Crippen molar-refractivity contribution < 1.29 is 14.3 Å². The number of benzene rings is 1. The molecule has 3 aliphatic heterocycles. The second kappa shape index (κ2) is 7.98. The zero-order valence-electron chi connectivity index (χ0n) is 16.1. The Morgan fingerprint density at radius 3 is 2.90 bits per heavy atom. The molecule has 8 nitrogen and oxygen atoms in total. The van der Waals surface area contributed by atoms with Gasteiger partial charge in [0, 0.05) is 36.6 Å². The van der Waals surface area contributed by atoms with Crippen molar-refractivity contribution >= 4 is 5.91 Å². The fraction of sp³-hybridized carbons (Fsp3) is 0.429. The number of aromatic nitrogens is 1. The summed E-state index contributed by atoms with van der Waals surface area (Å²) in [5.41, 5.74) is 8.65. The minimum atomic E-state index is -0.0673. The van der Waals surface area contributed by atoms with Crippen molar-refractivity contribution in [3.8, 4) is 11.5 Å². The first-order valence-corrected chi connectivity index (χ1v) is 10.1. The first-order chi connectivity index (χ1) is 14.3. The Morgan fingerprint density at radius 2 is 2.00 bits per heavy atom. The standard InChI is InChI=1S/C21H25N5O3/c27-21(15-3-4-18-19(10-15)29-13-28-18)23-16-2-1-9-26(12-16)20-11-17(24-25-20)14-5-7-22-8-6-14/h3-8,10,16-17,20,24-25H,1-2,9,11-13H2,(H,23,27).